The van der Waals surface area contributed by atoms with Crippen molar-refractivity contribution in [2.45, 2.75) is 0 Å². The molecular weight excluding hydrogens is 257 g/mol. The Morgan fingerprint density at radius 3 is 3.09 bits per heavy atom. The Hall–Kier alpha value is -0.850. The van der Waals surface area contributed by atoms with Crippen molar-refractivity contribution < 1.29 is 0 Å². The fourth-order valence-corrected chi connectivity index (χ4v) is 1.45. The molecule has 0 bridgehead atoms. The van der Waals surface area contributed by atoms with Crippen molar-refractivity contribution in [1.82, 2.24) is 15.2 Å². The molecule has 0 saturated heterocycles. The number of pyridine rings is 1. The zero-order valence-corrected chi connectivity index (χ0v) is 7.55. The number of rotatable bonds is 0. The average molecular weight is 261 g/mol. The lowest BCUT2D eigenvalue weighted by molar-refractivity contribution is 1.07. The highest BCUT2D eigenvalue weighted by molar-refractivity contribution is 14.1. The second-order valence-corrected chi connectivity index (χ2v) is 3.20. The second kappa shape index (κ2) is 2.33. The molecule has 0 fully saturated rings. The molecule has 0 radical (unpaired) electrons. The van der Waals surface area contributed by atoms with Crippen LogP contribution in [0.5, 0.6) is 0 Å². The molecule has 2 aromatic heterocycles. The van der Waals surface area contributed by atoms with Gasteiger partial charge >= 0.3 is 0 Å². The maximum Gasteiger partial charge on any atom is 0.249 e. The van der Waals surface area contributed by atoms with Crippen LogP contribution in [0.4, 0.5) is 0 Å². The van der Waals surface area contributed by atoms with E-state index in [0.717, 1.165) is 9.09 Å². The summed E-state index contributed by atoms with van der Waals surface area (Å²) in [5.74, 6) is 0. The summed E-state index contributed by atoms with van der Waals surface area (Å²) >= 11 is 2.12. The van der Waals surface area contributed by atoms with Crippen molar-refractivity contribution in [3.8, 4) is 0 Å². The topological polar surface area (TPSA) is 61.5 Å². The minimum Gasteiger partial charge on any atom is -0.305 e. The normalized spacial score (nSPS) is 10.6. The van der Waals surface area contributed by atoms with Crippen LogP contribution in [-0.2, 0) is 0 Å². The second-order valence-electron chi connectivity index (χ2n) is 2.12. The summed E-state index contributed by atoms with van der Waals surface area (Å²) in [5.41, 5.74) is 0.488. The summed E-state index contributed by atoms with van der Waals surface area (Å²) in [6.45, 7) is 0. The standard InChI is InChI=1S/C6H4IN3O/c7-5-3-1-2-4(11)8-6(3)10-9-5/h1-2H,(H2,8,9,10,11). The zero-order valence-electron chi connectivity index (χ0n) is 5.39. The molecule has 2 heterocycles. The summed E-state index contributed by atoms with van der Waals surface area (Å²) in [7, 11) is 0. The van der Waals surface area contributed by atoms with Gasteiger partial charge in [0.25, 0.3) is 0 Å². The smallest absolute Gasteiger partial charge is 0.249 e. The van der Waals surface area contributed by atoms with E-state index in [-0.39, 0.29) is 5.56 Å². The van der Waals surface area contributed by atoms with E-state index in [2.05, 4.69) is 37.8 Å². The van der Waals surface area contributed by atoms with Gasteiger partial charge in [0.05, 0.1) is 5.39 Å². The van der Waals surface area contributed by atoms with E-state index in [4.69, 9.17) is 0 Å². The van der Waals surface area contributed by atoms with Gasteiger partial charge in [-0.05, 0) is 28.7 Å². The molecule has 0 aliphatic rings. The van der Waals surface area contributed by atoms with Crippen molar-refractivity contribution in [2.24, 2.45) is 0 Å². The van der Waals surface area contributed by atoms with Crippen LogP contribution in [0.3, 0.4) is 0 Å². The van der Waals surface area contributed by atoms with Crippen LogP contribution in [-0.4, -0.2) is 15.2 Å². The molecular formula is C6H4IN3O. The van der Waals surface area contributed by atoms with Crippen LogP contribution in [0, 0.1) is 3.70 Å². The minimum absolute atomic E-state index is 0.125. The van der Waals surface area contributed by atoms with Crippen LogP contribution in [0.2, 0.25) is 0 Å². The summed E-state index contributed by atoms with van der Waals surface area (Å²) < 4.78 is 0.939. The Balaban J connectivity index is 2.96. The minimum atomic E-state index is -0.125. The predicted molar refractivity (Wildman–Crippen MR) is 49.4 cm³/mol. The SMILES string of the molecule is O=c1ccc2c(I)[nH]nc2[nH]1. The van der Waals surface area contributed by atoms with E-state index in [1.807, 2.05) is 0 Å². The first kappa shape index (κ1) is 6.84. The van der Waals surface area contributed by atoms with E-state index in [1.54, 1.807) is 6.07 Å². The van der Waals surface area contributed by atoms with Crippen molar-refractivity contribution in [2.75, 3.05) is 0 Å². The molecule has 11 heavy (non-hydrogen) atoms. The number of nitrogens with one attached hydrogen (secondary N) is 2. The van der Waals surface area contributed by atoms with E-state index in [1.165, 1.54) is 6.07 Å². The maximum atomic E-state index is 10.8. The molecule has 0 aliphatic heterocycles. The number of hydrogen-bond donors (Lipinski definition) is 2. The Labute approximate surface area is 75.2 Å². The van der Waals surface area contributed by atoms with Gasteiger partial charge in [-0.3, -0.25) is 9.89 Å². The first-order valence-corrected chi connectivity index (χ1v) is 4.08. The Bertz CT molecular complexity index is 444. The molecule has 56 valence electrons. The van der Waals surface area contributed by atoms with Crippen LogP contribution in [0.1, 0.15) is 0 Å². The lowest BCUT2D eigenvalue weighted by Gasteiger charge is -1.84. The highest BCUT2D eigenvalue weighted by Gasteiger charge is 2.00. The van der Waals surface area contributed by atoms with Crippen LogP contribution in [0.25, 0.3) is 11.0 Å². The third kappa shape index (κ3) is 1.05. The van der Waals surface area contributed by atoms with Gasteiger partial charge in [0.2, 0.25) is 5.56 Å². The summed E-state index contributed by atoms with van der Waals surface area (Å²) in [6, 6.07) is 3.24. The molecule has 2 N–H and O–H groups in total. The number of hydrogen-bond acceptors (Lipinski definition) is 2. The van der Waals surface area contributed by atoms with E-state index < -0.39 is 0 Å². The zero-order chi connectivity index (χ0) is 7.84. The molecule has 2 aromatic rings. The molecule has 0 atom stereocenters. The van der Waals surface area contributed by atoms with E-state index in [9.17, 15) is 4.79 Å². The van der Waals surface area contributed by atoms with E-state index >= 15 is 0 Å². The summed E-state index contributed by atoms with van der Waals surface area (Å²) in [6.07, 6.45) is 0. The highest BCUT2D eigenvalue weighted by atomic mass is 127. The number of aromatic amines is 2. The molecule has 0 aromatic carbocycles. The fourth-order valence-electron chi connectivity index (χ4n) is 0.894. The first-order chi connectivity index (χ1) is 5.27. The van der Waals surface area contributed by atoms with Gasteiger partial charge in [-0.2, -0.15) is 5.10 Å². The van der Waals surface area contributed by atoms with Gasteiger partial charge in [0, 0.05) is 6.07 Å². The number of fused-ring (bicyclic) bond motifs is 1. The quantitative estimate of drug-likeness (QED) is 0.691. The summed E-state index contributed by atoms with van der Waals surface area (Å²) in [5, 5.41) is 7.61. The van der Waals surface area contributed by atoms with Gasteiger partial charge in [0.15, 0.2) is 5.65 Å². The maximum absolute atomic E-state index is 10.8. The van der Waals surface area contributed by atoms with Gasteiger partial charge in [-0.15, -0.1) is 0 Å². The first-order valence-electron chi connectivity index (χ1n) is 3.00. The number of nitrogens with zero attached hydrogens (tertiary/aromatic N) is 1. The Morgan fingerprint density at radius 2 is 2.27 bits per heavy atom. The summed E-state index contributed by atoms with van der Waals surface area (Å²) in [4.78, 5) is 13.4. The van der Waals surface area contributed by atoms with Crippen molar-refractivity contribution >= 4 is 33.6 Å². The molecule has 0 unspecified atom stereocenters. The lowest BCUT2D eigenvalue weighted by Crippen LogP contribution is -2.01. The van der Waals surface area contributed by atoms with Gasteiger partial charge in [-0.1, -0.05) is 0 Å². The van der Waals surface area contributed by atoms with Gasteiger partial charge in [0.1, 0.15) is 3.70 Å². The molecule has 0 saturated carbocycles. The van der Waals surface area contributed by atoms with Crippen molar-refractivity contribution in [3.05, 3.63) is 26.2 Å². The third-order valence-electron chi connectivity index (χ3n) is 1.40. The van der Waals surface area contributed by atoms with Crippen LogP contribution < -0.4 is 5.56 Å². The Kier molecular flexibility index (Phi) is 1.45. The average Bonchev–Trinajstić information content (AvgIpc) is 2.32. The molecule has 0 amide bonds. The van der Waals surface area contributed by atoms with Crippen LogP contribution in [0.15, 0.2) is 16.9 Å². The third-order valence-corrected chi connectivity index (χ3v) is 2.22. The van der Waals surface area contributed by atoms with E-state index in [0.29, 0.717) is 5.65 Å². The number of halogens is 1. The number of aromatic nitrogens is 3. The van der Waals surface area contributed by atoms with Crippen LogP contribution >= 0.6 is 22.6 Å². The highest BCUT2D eigenvalue weighted by Crippen LogP contribution is 2.12. The van der Waals surface area contributed by atoms with Gasteiger partial charge < -0.3 is 4.98 Å². The monoisotopic (exact) mass is 261 g/mol. The number of H-pyrrole nitrogens is 2. The molecule has 0 aliphatic carbocycles. The predicted octanol–water partition coefficient (Wildman–Crippen LogP) is 0.856. The molecule has 0 spiro atoms. The largest absolute Gasteiger partial charge is 0.305 e. The molecule has 4 nitrogen and oxygen atoms in total. The lowest BCUT2D eigenvalue weighted by atomic mass is 10.4. The molecule has 2 rings (SSSR count). The fraction of sp³-hybridized carbons (Fsp3) is 0. The van der Waals surface area contributed by atoms with Crippen molar-refractivity contribution in [3.63, 3.8) is 0 Å². The van der Waals surface area contributed by atoms with Crippen molar-refractivity contribution in [1.29, 1.82) is 0 Å². The molecule has 5 heteroatoms. The Morgan fingerprint density at radius 1 is 1.45 bits per heavy atom. The van der Waals surface area contributed by atoms with Gasteiger partial charge in [-0.25, -0.2) is 0 Å².